The first kappa shape index (κ1) is 15.0. The minimum atomic E-state index is -0.867. The first-order valence-corrected chi connectivity index (χ1v) is 6.12. The topological polar surface area (TPSA) is 66.8 Å². The average Bonchev–Trinajstić information content (AvgIpc) is 2.34. The Labute approximate surface area is 112 Å². The Kier molecular flexibility index (Phi) is 5.85. The standard InChI is InChI=1S/C14H19NO4/c1-15(2)13(16)7-4-8-19-12-6-3-5-11(9-12)10-14(17)18/h3,5-6,9H,4,7-8,10H2,1-2H3,(H,17,18). The third-order valence-corrected chi connectivity index (χ3v) is 2.56. The summed E-state index contributed by atoms with van der Waals surface area (Å²) in [6.45, 7) is 0.441. The number of amides is 1. The molecular formula is C14H19NO4. The second-order valence-electron chi connectivity index (χ2n) is 4.46. The molecule has 1 N–H and O–H groups in total. The van der Waals surface area contributed by atoms with Gasteiger partial charge in [-0.3, -0.25) is 9.59 Å². The van der Waals surface area contributed by atoms with E-state index < -0.39 is 5.97 Å². The Hall–Kier alpha value is -2.04. The molecule has 19 heavy (non-hydrogen) atoms. The van der Waals surface area contributed by atoms with E-state index >= 15 is 0 Å². The van der Waals surface area contributed by atoms with Crippen molar-refractivity contribution in [1.29, 1.82) is 0 Å². The van der Waals surface area contributed by atoms with Crippen molar-refractivity contribution in [1.82, 2.24) is 4.90 Å². The molecule has 0 spiro atoms. The Morgan fingerprint density at radius 1 is 1.32 bits per heavy atom. The summed E-state index contributed by atoms with van der Waals surface area (Å²) in [5, 5.41) is 8.70. The summed E-state index contributed by atoms with van der Waals surface area (Å²) in [6, 6.07) is 7.00. The van der Waals surface area contributed by atoms with Gasteiger partial charge in [-0.05, 0) is 24.1 Å². The lowest BCUT2D eigenvalue weighted by atomic mass is 10.1. The molecule has 5 heteroatoms. The second-order valence-corrected chi connectivity index (χ2v) is 4.46. The molecule has 0 atom stereocenters. The van der Waals surface area contributed by atoms with Gasteiger partial charge in [0.2, 0.25) is 5.91 Å². The van der Waals surface area contributed by atoms with Crippen molar-refractivity contribution in [2.24, 2.45) is 0 Å². The van der Waals surface area contributed by atoms with E-state index in [0.29, 0.717) is 30.8 Å². The zero-order chi connectivity index (χ0) is 14.3. The van der Waals surface area contributed by atoms with E-state index in [-0.39, 0.29) is 12.3 Å². The van der Waals surface area contributed by atoms with Gasteiger partial charge in [0.1, 0.15) is 5.75 Å². The Morgan fingerprint density at radius 2 is 2.05 bits per heavy atom. The van der Waals surface area contributed by atoms with Crippen LogP contribution >= 0.6 is 0 Å². The van der Waals surface area contributed by atoms with E-state index in [0.717, 1.165) is 0 Å². The highest BCUT2D eigenvalue weighted by Gasteiger charge is 2.04. The van der Waals surface area contributed by atoms with Crippen LogP contribution < -0.4 is 4.74 Å². The van der Waals surface area contributed by atoms with Crippen LogP contribution in [0.1, 0.15) is 18.4 Å². The number of carbonyl (C=O) groups is 2. The van der Waals surface area contributed by atoms with Gasteiger partial charge in [-0.15, -0.1) is 0 Å². The average molecular weight is 265 g/mol. The van der Waals surface area contributed by atoms with Crippen molar-refractivity contribution in [2.75, 3.05) is 20.7 Å². The predicted molar refractivity (Wildman–Crippen MR) is 71.2 cm³/mol. The van der Waals surface area contributed by atoms with Crippen molar-refractivity contribution in [3.63, 3.8) is 0 Å². The van der Waals surface area contributed by atoms with Gasteiger partial charge in [0.05, 0.1) is 13.0 Å². The van der Waals surface area contributed by atoms with Gasteiger partial charge in [0, 0.05) is 20.5 Å². The lowest BCUT2D eigenvalue weighted by molar-refractivity contribution is -0.136. The fourth-order valence-corrected chi connectivity index (χ4v) is 1.56. The summed E-state index contributed by atoms with van der Waals surface area (Å²) in [7, 11) is 3.44. The maximum Gasteiger partial charge on any atom is 0.307 e. The predicted octanol–water partition coefficient (Wildman–Crippen LogP) is 1.56. The molecule has 5 nitrogen and oxygen atoms in total. The largest absolute Gasteiger partial charge is 0.494 e. The van der Waals surface area contributed by atoms with E-state index in [1.54, 1.807) is 43.3 Å². The number of carbonyl (C=O) groups excluding carboxylic acids is 1. The van der Waals surface area contributed by atoms with Crippen LogP contribution in [-0.2, 0) is 16.0 Å². The lowest BCUT2D eigenvalue weighted by Gasteiger charge is -2.10. The smallest absolute Gasteiger partial charge is 0.307 e. The Bertz CT molecular complexity index is 443. The zero-order valence-corrected chi connectivity index (χ0v) is 11.3. The van der Waals surface area contributed by atoms with Crippen molar-refractivity contribution < 1.29 is 19.4 Å². The third kappa shape index (κ3) is 5.90. The lowest BCUT2D eigenvalue weighted by Crippen LogP contribution is -2.21. The number of hydrogen-bond donors (Lipinski definition) is 1. The molecule has 0 aromatic heterocycles. The van der Waals surface area contributed by atoms with Crippen molar-refractivity contribution in [3.05, 3.63) is 29.8 Å². The molecule has 0 aliphatic carbocycles. The van der Waals surface area contributed by atoms with Gasteiger partial charge in [0.15, 0.2) is 0 Å². The molecule has 1 aromatic carbocycles. The number of aliphatic carboxylic acids is 1. The molecule has 0 unspecified atom stereocenters. The van der Waals surface area contributed by atoms with E-state index in [1.165, 1.54) is 0 Å². The molecule has 1 amide bonds. The van der Waals surface area contributed by atoms with Gasteiger partial charge >= 0.3 is 5.97 Å². The molecule has 104 valence electrons. The second kappa shape index (κ2) is 7.41. The van der Waals surface area contributed by atoms with Gasteiger partial charge in [-0.2, -0.15) is 0 Å². The quantitative estimate of drug-likeness (QED) is 0.760. The maximum absolute atomic E-state index is 11.3. The van der Waals surface area contributed by atoms with Crippen LogP contribution in [0.3, 0.4) is 0 Å². The Morgan fingerprint density at radius 3 is 2.68 bits per heavy atom. The molecule has 0 bridgehead atoms. The van der Waals surface area contributed by atoms with Crippen LogP contribution in [0.4, 0.5) is 0 Å². The summed E-state index contributed by atoms with van der Waals surface area (Å²) in [6.07, 6.45) is 1.07. The number of benzene rings is 1. The van der Waals surface area contributed by atoms with Crippen LogP contribution in [0.15, 0.2) is 24.3 Å². The highest BCUT2D eigenvalue weighted by atomic mass is 16.5. The van der Waals surface area contributed by atoms with Crippen LogP contribution in [0, 0.1) is 0 Å². The molecule has 0 heterocycles. The molecule has 0 radical (unpaired) electrons. The minimum Gasteiger partial charge on any atom is -0.494 e. The van der Waals surface area contributed by atoms with E-state index in [2.05, 4.69) is 0 Å². The summed E-state index contributed by atoms with van der Waals surface area (Å²) in [5.41, 5.74) is 0.703. The number of carboxylic acid groups (broad SMARTS) is 1. The summed E-state index contributed by atoms with van der Waals surface area (Å²) in [4.78, 5) is 23.5. The number of nitrogens with zero attached hydrogens (tertiary/aromatic N) is 1. The zero-order valence-electron chi connectivity index (χ0n) is 11.3. The normalized spacial score (nSPS) is 10.0. The number of ether oxygens (including phenoxy) is 1. The molecule has 0 saturated heterocycles. The van der Waals surface area contributed by atoms with E-state index in [9.17, 15) is 9.59 Å². The van der Waals surface area contributed by atoms with Crippen LogP contribution in [-0.4, -0.2) is 42.6 Å². The maximum atomic E-state index is 11.3. The third-order valence-electron chi connectivity index (χ3n) is 2.56. The van der Waals surface area contributed by atoms with Crippen molar-refractivity contribution in [3.8, 4) is 5.75 Å². The number of carboxylic acids is 1. The van der Waals surface area contributed by atoms with E-state index in [1.807, 2.05) is 0 Å². The van der Waals surface area contributed by atoms with Crippen LogP contribution in [0.25, 0.3) is 0 Å². The summed E-state index contributed by atoms with van der Waals surface area (Å²) in [5.74, 6) is -0.159. The molecule has 1 rings (SSSR count). The summed E-state index contributed by atoms with van der Waals surface area (Å²) < 4.78 is 5.49. The number of hydrogen-bond acceptors (Lipinski definition) is 3. The molecule has 0 aliphatic rings. The molecule has 1 aromatic rings. The number of rotatable bonds is 7. The summed E-state index contributed by atoms with van der Waals surface area (Å²) >= 11 is 0. The Balaban J connectivity index is 2.37. The van der Waals surface area contributed by atoms with Gasteiger partial charge in [0.25, 0.3) is 0 Å². The SMILES string of the molecule is CN(C)C(=O)CCCOc1cccc(CC(=O)O)c1. The first-order chi connectivity index (χ1) is 8.99. The van der Waals surface area contributed by atoms with Crippen LogP contribution in [0.5, 0.6) is 5.75 Å². The van der Waals surface area contributed by atoms with Crippen LogP contribution in [0.2, 0.25) is 0 Å². The molecule has 0 fully saturated rings. The molecular weight excluding hydrogens is 246 g/mol. The fourth-order valence-electron chi connectivity index (χ4n) is 1.56. The highest BCUT2D eigenvalue weighted by Crippen LogP contribution is 2.14. The first-order valence-electron chi connectivity index (χ1n) is 6.12. The van der Waals surface area contributed by atoms with Gasteiger partial charge < -0.3 is 14.7 Å². The van der Waals surface area contributed by atoms with Gasteiger partial charge in [-0.1, -0.05) is 12.1 Å². The monoisotopic (exact) mass is 265 g/mol. The molecule has 0 aliphatic heterocycles. The van der Waals surface area contributed by atoms with Gasteiger partial charge in [-0.25, -0.2) is 0 Å². The highest BCUT2D eigenvalue weighted by molar-refractivity contribution is 5.75. The fraction of sp³-hybridized carbons (Fsp3) is 0.429. The minimum absolute atomic E-state index is 0.0175. The van der Waals surface area contributed by atoms with Crippen molar-refractivity contribution in [2.45, 2.75) is 19.3 Å². The molecule has 0 saturated carbocycles. The van der Waals surface area contributed by atoms with Crippen molar-refractivity contribution >= 4 is 11.9 Å². The van der Waals surface area contributed by atoms with E-state index in [4.69, 9.17) is 9.84 Å².